The van der Waals surface area contributed by atoms with Crippen LogP contribution in [0.4, 0.5) is 0 Å². The number of nitrogens with zero attached hydrogens (tertiary/aromatic N) is 1. The van der Waals surface area contributed by atoms with Gasteiger partial charge in [-0.15, -0.1) is 0 Å². The molecular weight excluding hydrogens is 1280 g/mol. The Balaban J connectivity index is 0.943. The maximum atomic E-state index is 14.2. The summed E-state index contributed by atoms with van der Waals surface area (Å²) in [6.07, 6.45) is -71.8. The van der Waals surface area contributed by atoms with E-state index in [1.807, 2.05) is 32.9 Å². The van der Waals surface area contributed by atoms with E-state index < -0.39 is 273 Å². The molecule has 14 bridgehead atoms. The molecule has 1 unspecified atom stereocenters. The molecular formula is C56H86N2O36. The summed E-state index contributed by atoms with van der Waals surface area (Å²) in [4.78, 5) is 19.5. The molecule has 0 spiro atoms. The first-order valence-corrected chi connectivity index (χ1v) is 30.6. The van der Waals surface area contributed by atoms with Crippen LogP contribution in [0.5, 0.6) is 0 Å². The van der Waals surface area contributed by atoms with Crippen LogP contribution in [0, 0.1) is 5.92 Å². The molecule has 23 rings (SSSR count). The van der Waals surface area contributed by atoms with Crippen molar-refractivity contribution >= 4 is 11.6 Å². The molecule has 21 saturated heterocycles. The molecule has 94 heavy (non-hydrogen) atoms. The predicted octanol–water partition coefficient (Wildman–Crippen LogP) is -12.8. The van der Waals surface area contributed by atoms with E-state index >= 15 is 0 Å². The summed E-state index contributed by atoms with van der Waals surface area (Å²) in [7, 11) is 0. The maximum Gasteiger partial charge on any atom is 0.232 e. The largest absolute Gasteiger partial charge is 0.394 e. The number of carbonyl (C=O) groups excluding carboxylic acids is 1. The Morgan fingerprint density at radius 1 is 0.372 bits per heavy atom. The average molecular weight is 1360 g/mol. The number of ether oxygens (including phenoxy) is 14. The molecule has 0 aromatic heterocycles. The molecule has 38 nitrogen and oxygen atoms in total. The first-order valence-electron chi connectivity index (χ1n) is 30.6. The molecule has 0 aliphatic carbocycles. The van der Waals surface area contributed by atoms with Crippen LogP contribution >= 0.6 is 0 Å². The number of oxime groups is 1. The second kappa shape index (κ2) is 30.7. The molecule has 0 saturated carbocycles. The average Bonchev–Trinajstić information content (AvgIpc) is 0.987. The number of amides is 1. The fourth-order valence-corrected chi connectivity index (χ4v) is 12.7. The highest BCUT2D eigenvalue weighted by Crippen LogP contribution is 2.39. The van der Waals surface area contributed by atoms with Crippen LogP contribution in [-0.4, -0.2) is 381 Å². The third kappa shape index (κ3) is 14.7. The monoisotopic (exact) mass is 1360 g/mol. The summed E-state index contributed by atoms with van der Waals surface area (Å²) in [6, 6.07) is 7.21. The van der Waals surface area contributed by atoms with Gasteiger partial charge in [0.15, 0.2) is 44.0 Å². The van der Waals surface area contributed by atoms with Crippen molar-refractivity contribution in [3.63, 3.8) is 0 Å². The van der Waals surface area contributed by atoms with Gasteiger partial charge in [0.2, 0.25) is 5.91 Å². The van der Waals surface area contributed by atoms with Gasteiger partial charge in [-0.05, 0) is 11.0 Å². The lowest BCUT2D eigenvalue weighted by atomic mass is 9.85. The number of hydrogen-bond donors (Lipinski definition) is 21. The van der Waals surface area contributed by atoms with Crippen molar-refractivity contribution in [1.29, 1.82) is 0 Å². The van der Waals surface area contributed by atoms with E-state index in [-0.39, 0.29) is 17.7 Å². The number of benzene rings is 1. The van der Waals surface area contributed by atoms with Crippen molar-refractivity contribution in [2.75, 3.05) is 52.8 Å². The van der Waals surface area contributed by atoms with Gasteiger partial charge in [0.25, 0.3) is 0 Å². The predicted molar refractivity (Wildman–Crippen MR) is 295 cm³/mol. The molecule has 36 atom stereocenters. The molecule has 536 valence electrons. The summed E-state index contributed by atoms with van der Waals surface area (Å²) in [6.45, 7) is -1.33. The van der Waals surface area contributed by atoms with Crippen molar-refractivity contribution in [3.05, 3.63) is 35.4 Å². The van der Waals surface area contributed by atoms with E-state index in [0.717, 1.165) is 5.56 Å². The molecule has 0 radical (unpaired) electrons. The van der Waals surface area contributed by atoms with Crippen LogP contribution in [-0.2, 0) is 81.4 Å². The lowest BCUT2D eigenvalue weighted by molar-refractivity contribution is -0.396. The SMILES string of the molecule is CC(C)(C)c1ccc(C2=NOCC2C(=O)NC[C@H]2O[C@@H]3O[C@H]4[C@H](O)[C@H](O)[C@@H](O[C@H]5[C@H](O)[C@H](O)[C@@H](O[C@H]6[C@H](O)[C@@H](O)[C@@H](O[C@H]7[C@H](O)[C@@H](O)[C@@H](O[C@H]8[C@H](O)[C@@H](O)[C@@H](O[C@H]9[C@H](O)[C@@H](O)[C@@H](O[C@H]2[C@H](O)[C@H]3O)O[C@@H]9CO)O[C@@H]8CO)O[C@@H]7CO)O[C@@H]6CO)O[C@@H]5CO)O[C@@H]4CO)cc1. The van der Waals surface area contributed by atoms with Crippen LogP contribution in [0.15, 0.2) is 29.4 Å². The first kappa shape index (κ1) is 73.5. The lowest BCUT2D eigenvalue weighted by Crippen LogP contribution is -2.68. The maximum absolute atomic E-state index is 14.2. The van der Waals surface area contributed by atoms with Crippen LogP contribution in [0.1, 0.15) is 31.9 Å². The summed E-state index contributed by atoms with van der Waals surface area (Å²) >= 11 is 0. The van der Waals surface area contributed by atoms with Gasteiger partial charge >= 0.3 is 0 Å². The third-order valence-electron chi connectivity index (χ3n) is 18.2. The van der Waals surface area contributed by atoms with Gasteiger partial charge < -0.3 is 179 Å². The van der Waals surface area contributed by atoms with Gasteiger partial charge in [-0.2, -0.15) is 0 Å². The van der Waals surface area contributed by atoms with Crippen LogP contribution in [0.2, 0.25) is 0 Å². The van der Waals surface area contributed by atoms with E-state index in [9.17, 15) is 107 Å². The Morgan fingerprint density at radius 2 is 0.606 bits per heavy atom. The highest BCUT2D eigenvalue weighted by atomic mass is 16.8. The summed E-state index contributed by atoms with van der Waals surface area (Å²) in [5.74, 6) is -1.80. The van der Waals surface area contributed by atoms with E-state index in [0.29, 0.717) is 5.56 Å². The number of hydrogen-bond acceptors (Lipinski definition) is 37. The summed E-state index contributed by atoms with van der Waals surface area (Å²) in [5.41, 5.74) is 1.50. The highest BCUT2D eigenvalue weighted by molar-refractivity contribution is 6.13. The molecule has 1 aromatic rings. The number of aliphatic hydroxyl groups excluding tert-OH is 20. The number of carbonyl (C=O) groups is 1. The van der Waals surface area contributed by atoms with Crippen molar-refractivity contribution in [3.8, 4) is 0 Å². The molecule has 21 fully saturated rings. The zero-order chi connectivity index (χ0) is 68.1. The molecule has 22 aliphatic rings. The lowest BCUT2D eigenvalue weighted by Gasteiger charge is -2.50. The van der Waals surface area contributed by atoms with Crippen LogP contribution < -0.4 is 5.32 Å². The third-order valence-corrected chi connectivity index (χ3v) is 18.2. The minimum absolute atomic E-state index is 0.226. The van der Waals surface area contributed by atoms with E-state index in [1.54, 1.807) is 12.1 Å². The van der Waals surface area contributed by atoms with E-state index in [1.165, 1.54) is 0 Å². The van der Waals surface area contributed by atoms with Crippen molar-refractivity contribution in [2.45, 2.75) is 241 Å². The molecule has 21 N–H and O–H groups in total. The Morgan fingerprint density at radius 3 is 0.840 bits per heavy atom. The van der Waals surface area contributed by atoms with Gasteiger partial charge in [0.1, 0.15) is 189 Å². The van der Waals surface area contributed by atoms with Crippen LogP contribution in [0.3, 0.4) is 0 Å². The van der Waals surface area contributed by atoms with E-state index in [4.69, 9.17) is 71.2 Å². The Kier molecular flexibility index (Phi) is 24.0. The topological polar surface area (TPSA) is 585 Å². The van der Waals surface area contributed by atoms with Crippen molar-refractivity contribution in [1.82, 2.24) is 5.32 Å². The first-order chi connectivity index (χ1) is 44.7. The zero-order valence-corrected chi connectivity index (χ0v) is 50.7. The van der Waals surface area contributed by atoms with Crippen molar-refractivity contribution < 1.29 is 178 Å². The molecule has 1 amide bonds. The number of nitrogens with one attached hydrogen (secondary N) is 1. The minimum Gasteiger partial charge on any atom is -0.394 e. The zero-order valence-electron chi connectivity index (χ0n) is 50.7. The molecule has 1 aromatic carbocycles. The second-order valence-electron chi connectivity index (χ2n) is 25.4. The highest BCUT2D eigenvalue weighted by Gasteiger charge is 2.60. The summed E-state index contributed by atoms with van der Waals surface area (Å²) in [5, 5.41) is 232. The Labute approximate surface area is 534 Å². The fraction of sp³-hybridized carbons (Fsp3) is 0.857. The Bertz CT molecular complexity index is 2620. The second-order valence-corrected chi connectivity index (χ2v) is 25.4. The number of aliphatic hydroxyl groups is 20. The summed E-state index contributed by atoms with van der Waals surface area (Å²) < 4.78 is 81.6. The smallest absolute Gasteiger partial charge is 0.232 e. The minimum atomic E-state index is -2.28. The van der Waals surface area contributed by atoms with Gasteiger partial charge in [0.05, 0.1) is 39.6 Å². The van der Waals surface area contributed by atoms with Crippen LogP contribution in [0.25, 0.3) is 0 Å². The van der Waals surface area contributed by atoms with Gasteiger partial charge in [0, 0.05) is 12.1 Å². The van der Waals surface area contributed by atoms with Gasteiger partial charge in [-0.1, -0.05) is 50.2 Å². The molecule has 22 heterocycles. The molecule has 22 aliphatic heterocycles. The standard InChI is InChI=1S/C56H86N2O36/c1-56(2,3)17-6-4-16(5-7-17)26-18(15-80-58-26)48(79)57-8-19-41-27(65)34(72)49(81-19)89-42-20(9-59)83-51(36(74)29(42)67)91-44-22(11-61)85-53(38(76)31(44)69)93-46-24(13-63)87-55(40(78)33(46)71)94-47-25(14-64)86-54(39(77)32(47)70)92-45-23(12-62)84-52(37(75)30(45)68)90-43-21(10-60)82-50(88-41)35(73)28(43)66/h4-7,18-25,27-47,49-55,59-78H,8-15H2,1-3H3,(H,57,79)/t18?,19-,20-,21-,22-,23-,24-,25-,27-,28-,29-,30-,31-,32-,33-,34-,35-,36+,37-,38+,39-,40-,41-,42-,43-,44-,45-,46-,47-,49-,50-,51-,52-,53-,54-,55-/m1/s1. The van der Waals surface area contributed by atoms with E-state index in [2.05, 4.69) is 10.5 Å². The van der Waals surface area contributed by atoms with Gasteiger partial charge in [-0.25, -0.2) is 0 Å². The number of rotatable bonds is 10. The normalized spacial score (nSPS) is 49.1. The molecule has 38 heteroatoms. The Hall–Kier alpha value is -3.20. The fourth-order valence-electron chi connectivity index (χ4n) is 12.7. The van der Waals surface area contributed by atoms with Gasteiger partial charge in [-0.3, -0.25) is 4.79 Å². The van der Waals surface area contributed by atoms with Crippen molar-refractivity contribution in [2.24, 2.45) is 11.1 Å². The quantitative estimate of drug-likeness (QED) is 0.103.